The number of aromatic carboxylic acids is 1. The van der Waals surface area contributed by atoms with Gasteiger partial charge in [-0.2, -0.15) is 0 Å². The molecule has 0 spiro atoms. The quantitative estimate of drug-likeness (QED) is 0.943. The zero-order valence-electron chi connectivity index (χ0n) is 11.8. The summed E-state index contributed by atoms with van der Waals surface area (Å²) in [5, 5.41) is 11.3. The van der Waals surface area contributed by atoms with Crippen molar-refractivity contribution in [1.29, 1.82) is 0 Å². The molecule has 2 aromatic rings. The number of piperidine rings is 1. The van der Waals surface area contributed by atoms with Gasteiger partial charge in [-0.1, -0.05) is 13.0 Å². The highest BCUT2D eigenvalue weighted by Gasteiger charge is 2.24. The molecule has 6 heteroatoms. The van der Waals surface area contributed by atoms with E-state index in [9.17, 15) is 9.90 Å². The van der Waals surface area contributed by atoms with Crippen molar-refractivity contribution in [2.24, 2.45) is 5.92 Å². The number of nitrogens with zero attached hydrogens (tertiary/aromatic N) is 3. The van der Waals surface area contributed by atoms with Crippen LogP contribution in [0.15, 0.2) is 23.7 Å². The van der Waals surface area contributed by atoms with Crippen molar-refractivity contribution in [3.05, 3.63) is 29.3 Å². The van der Waals surface area contributed by atoms with E-state index in [4.69, 9.17) is 0 Å². The third-order valence-electron chi connectivity index (χ3n) is 3.70. The number of carboxylic acids is 1. The van der Waals surface area contributed by atoms with E-state index in [1.54, 1.807) is 11.3 Å². The summed E-state index contributed by atoms with van der Waals surface area (Å²) in [7, 11) is 0. The zero-order chi connectivity index (χ0) is 14.8. The molecule has 3 rings (SSSR count). The monoisotopic (exact) mass is 303 g/mol. The summed E-state index contributed by atoms with van der Waals surface area (Å²) < 4.78 is 0. The summed E-state index contributed by atoms with van der Waals surface area (Å²) >= 11 is 1.56. The number of hydrogen-bond acceptors (Lipinski definition) is 5. The van der Waals surface area contributed by atoms with Gasteiger partial charge < -0.3 is 10.0 Å². The minimum absolute atomic E-state index is 0.185. The number of thiophene rings is 1. The van der Waals surface area contributed by atoms with Crippen LogP contribution in [0.2, 0.25) is 0 Å². The first-order valence-corrected chi connectivity index (χ1v) is 7.92. The molecule has 0 bridgehead atoms. The van der Waals surface area contributed by atoms with Gasteiger partial charge in [-0.25, -0.2) is 14.8 Å². The van der Waals surface area contributed by atoms with E-state index >= 15 is 0 Å². The normalized spacial score (nSPS) is 18.7. The molecule has 3 heterocycles. The molecule has 21 heavy (non-hydrogen) atoms. The molecule has 1 saturated heterocycles. The van der Waals surface area contributed by atoms with Crippen molar-refractivity contribution >= 4 is 23.1 Å². The summed E-state index contributed by atoms with van der Waals surface area (Å²) in [6.45, 7) is 3.89. The van der Waals surface area contributed by atoms with Crippen LogP contribution in [0.25, 0.3) is 10.7 Å². The van der Waals surface area contributed by atoms with Crippen LogP contribution in [0.4, 0.5) is 5.82 Å². The molecule has 0 aromatic carbocycles. The molecule has 0 aliphatic carbocycles. The second-order valence-electron chi connectivity index (χ2n) is 5.41. The van der Waals surface area contributed by atoms with Crippen molar-refractivity contribution in [1.82, 2.24) is 9.97 Å². The number of anilines is 1. The van der Waals surface area contributed by atoms with E-state index < -0.39 is 5.97 Å². The maximum absolute atomic E-state index is 11.4. The first-order chi connectivity index (χ1) is 10.1. The third-order valence-corrected chi connectivity index (χ3v) is 4.56. The Morgan fingerprint density at radius 1 is 1.52 bits per heavy atom. The highest BCUT2D eigenvalue weighted by atomic mass is 32.1. The van der Waals surface area contributed by atoms with Crippen LogP contribution in [-0.4, -0.2) is 34.1 Å². The van der Waals surface area contributed by atoms with Crippen molar-refractivity contribution in [2.45, 2.75) is 19.8 Å². The van der Waals surface area contributed by atoms with Gasteiger partial charge in [-0.3, -0.25) is 0 Å². The van der Waals surface area contributed by atoms with E-state index in [1.807, 2.05) is 17.5 Å². The molecule has 1 N–H and O–H groups in total. The highest BCUT2D eigenvalue weighted by Crippen LogP contribution is 2.28. The number of hydrogen-bond donors (Lipinski definition) is 1. The van der Waals surface area contributed by atoms with Gasteiger partial charge in [0.1, 0.15) is 11.4 Å². The third kappa shape index (κ3) is 2.90. The van der Waals surface area contributed by atoms with Crippen LogP contribution in [0.1, 0.15) is 30.1 Å². The minimum atomic E-state index is -0.971. The lowest BCUT2D eigenvalue weighted by molar-refractivity contribution is 0.0696. The second-order valence-corrected chi connectivity index (χ2v) is 6.35. The van der Waals surface area contributed by atoms with Gasteiger partial charge >= 0.3 is 5.97 Å². The second kappa shape index (κ2) is 5.81. The Hall–Kier alpha value is -1.95. The largest absolute Gasteiger partial charge is 0.477 e. The summed E-state index contributed by atoms with van der Waals surface area (Å²) in [5.41, 5.74) is 0.185. The molecule has 0 saturated carbocycles. The van der Waals surface area contributed by atoms with Gasteiger partial charge in [0.2, 0.25) is 0 Å². The maximum Gasteiger partial charge on any atom is 0.341 e. The minimum Gasteiger partial charge on any atom is -0.477 e. The molecule has 2 aromatic heterocycles. The summed E-state index contributed by atoms with van der Waals surface area (Å²) in [6.07, 6.45) is 3.68. The van der Waals surface area contributed by atoms with Crippen molar-refractivity contribution < 1.29 is 9.90 Å². The van der Waals surface area contributed by atoms with Crippen LogP contribution >= 0.6 is 11.3 Å². The lowest BCUT2D eigenvalue weighted by Gasteiger charge is -2.32. The average Bonchev–Trinajstić information content (AvgIpc) is 3.00. The van der Waals surface area contributed by atoms with Gasteiger partial charge in [0.25, 0.3) is 0 Å². The van der Waals surface area contributed by atoms with Gasteiger partial charge in [-0.05, 0) is 30.2 Å². The average molecular weight is 303 g/mol. The molecular weight excluding hydrogens is 286 g/mol. The smallest absolute Gasteiger partial charge is 0.341 e. The van der Waals surface area contributed by atoms with Gasteiger partial charge in [-0.15, -0.1) is 11.3 Å². The molecule has 0 amide bonds. The van der Waals surface area contributed by atoms with Crippen LogP contribution in [-0.2, 0) is 0 Å². The Kier molecular flexibility index (Phi) is 3.88. The van der Waals surface area contributed by atoms with Crippen molar-refractivity contribution in [3.63, 3.8) is 0 Å². The van der Waals surface area contributed by atoms with E-state index in [-0.39, 0.29) is 5.56 Å². The molecule has 1 aliphatic rings. The Morgan fingerprint density at radius 2 is 2.38 bits per heavy atom. The SMILES string of the molecule is CC1CCCN(c2nc(-c3cccs3)ncc2C(=O)O)C1. The first-order valence-electron chi connectivity index (χ1n) is 7.04. The fourth-order valence-corrected chi connectivity index (χ4v) is 3.34. The Labute approximate surface area is 127 Å². The van der Waals surface area contributed by atoms with Gasteiger partial charge in [0.05, 0.1) is 4.88 Å². The van der Waals surface area contributed by atoms with E-state index in [1.165, 1.54) is 12.6 Å². The highest BCUT2D eigenvalue weighted by molar-refractivity contribution is 7.13. The predicted molar refractivity (Wildman–Crippen MR) is 82.9 cm³/mol. The lowest BCUT2D eigenvalue weighted by Crippen LogP contribution is -2.36. The molecule has 1 aliphatic heterocycles. The van der Waals surface area contributed by atoms with Crippen LogP contribution in [0, 0.1) is 5.92 Å². The van der Waals surface area contributed by atoms with Crippen LogP contribution in [0.5, 0.6) is 0 Å². The fraction of sp³-hybridized carbons (Fsp3) is 0.400. The standard InChI is InChI=1S/C15H17N3O2S/c1-10-4-2-6-18(9-10)14-11(15(19)20)8-16-13(17-14)12-5-3-7-21-12/h3,5,7-8,10H,2,4,6,9H2,1H3,(H,19,20). The predicted octanol–water partition coefficient (Wildman–Crippen LogP) is 3.14. The molecule has 1 unspecified atom stereocenters. The molecule has 0 radical (unpaired) electrons. The van der Waals surface area contributed by atoms with Gasteiger partial charge in [0.15, 0.2) is 5.82 Å². The molecule has 5 nitrogen and oxygen atoms in total. The van der Waals surface area contributed by atoms with Gasteiger partial charge in [0, 0.05) is 19.3 Å². The van der Waals surface area contributed by atoms with E-state index in [0.717, 1.165) is 24.4 Å². The molecule has 1 fully saturated rings. The maximum atomic E-state index is 11.4. The summed E-state index contributed by atoms with van der Waals surface area (Å²) in [4.78, 5) is 23.2. The number of rotatable bonds is 3. The van der Waals surface area contributed by atoms with Crippen LogP contribution < -0.4 is 4.90 Å². The topological polar surface area (TPSA) is 66.3 Å². The number of aromatic nitrogens is 2. The summed E-state index contributed by atoms with van der Waals surface area (Å²) in [5.74, 6) is 0.734. The van der Waals surface area contributed by atoms with E-state index in [2.05, 4.69) is 21.8 Å². The first kappa shape index (κ1) is 14.0. The summed E-state index contributed by atoms with van der Waals surface area (Å²) in [6, 6.07) is 3.89. The molecule has 1 atom stereocenters. The molecule has 110 valence electrons. The zero-order valence-corrected chi connectivity index (χ0v) is 12.6. The molecular formula is C15H17N3O2S. The fourth-order valence-electron chi connectivity index (χ4n) is 2.67. The van der Waals surface area contributed by atoms with Crippen molar-refractivity contribution in [2.75, 3.05) is 18.0 Å². The Morgan fingerprint density at radius 3 is 3.05 bits per heavy atom. The van der Waals surface area contributed by atoms with Crippen molar-refractivity contribution in [3.8, 4) is 10.7 Å². The van der Waals surface area contributed by atoms with E-state index in [0.29, 0.717) is 17.6 Å². The number of carbonyl (C=O) groups is 1. The van der Waals surface area contributed by atoms with Crippen LogP contribution in [0.3, 0.4) is 0 Å². The lowest BCUT2D eigenvalue weighted by atomic mass is 10.00. The Bertz CT molecular complexity index is 642. The Balaban J connectivity index is 2.02. The number of carboxylic acid groups (broad SMARTS) is 1.